The van der Waals surface area contributed by atoms with Gasteiger partial charge in [0.05, 0.1) is 30.5 Å². The van der Waals surface area contributed by atoms with Gasteiger partial charge in [-0.05, 0) is 18.2 Å². The van der Waals surface area contributed by atoms with Gasteiger partial charge in [-0.2, -0.15) is 18.3 Å². The first-order valence-corrected chi connectivity index (χ1v) is 5.90. The molecule has 0 amide bonds. The first-order valence-electron chi connectivity index (χ1n) is 5.90. The van der Waals surface area contributed by atoms with Gasteiger partial charge in [0.25, 0.3) is 0 Å². The Bertz CT molecular complexity index is 581. The summed E-state index contributed by atoms with van der Waals surface area (Å²) in [6, 6.07) is 6.43. The van der Waals surface area contributed by atoms with Crippen LogP contribution in [0.25, 0.3) is 11.3 Å². The number of alkyl halides is 3. The molecule has 1 heterocycles. The summed E-state index contributed by atoms with van der Waals surface area (Å²) < 4.78 is 39.2. The van der Waals surface area contributed by atoms with Crippen molar-refractivity contribution in [2.45, 2.75) is 18.8 Å². The van der Waals surface area contributed by atoms with Gasteiger partial charge < -0.3 is 10.2 Å². The highest BCUT2D eigenvalue weighted by Gasteiger charge is 2.30. The summed E-state index contributed by atoms with van der Waals surface area (Å²) in [5.74, 6) is 0. The fourth-order valence-electron chi connectivity index (χ4n) is 1.75. The van der Waals surface area contributed by atoms with Gasteiger partial charge >= 0.3 is 6.18 Å². The lowest BCUT2D eigenvalue weighted by Crippen LogP contribution is -2.20. The monoisotopic (exact) mass is 286 g/mol. The maximum Gasteiger partial charge on any atom is 0.416 e. The number of hydrogen-bond donors (Lipinski definition) is 2. The minimum atomic E-state index is -4.40. The molecule has 2 N–H and O–H groups in total. The third kappa shape index (κ3) is 3.37. The zero-order chi connectivity index (χ0) is 14.8. The molecule has 0 saturated heterocycles. The van der Waals surface area contributed by atoms with Gasteiger partial charge in [0, 0.05) is 11.8 Å². The zero-order valence-corrected chi connectivity index (χ0v) is 10.4. The fraction of sp³-hybridized carbons (Fsp3) is 0.308. The first-order chi connectivity index (χ1) is 9.40. The van der Waals surface area contributed by atoms with Crippen LogP contribution in [0, 0.1) is 0 Å². The van der Waals surface area contributed by atoms with Crippen molar-refractivity contribution in [3.63, 3.8) is 0 Å². The number of rotatable bonds is 4. The van der Waals surface area contributed by atoms with Gasteiger partial charge in [-0.25, -0.2) is 0 Å². The van der Waals surface area contributed by atoms with Crippen LogP contribution in [0.1, 0.15) is 5.56 Å². The van der Waals surface area contributed by atoms with Crippen LogP contribution in [-0.4, -0.2) is 32.7 Å². The molecule has 0 radical (unpaired) electrons. The Morgan fingerprint density at radius 1 is 1.25 bits per heavy atom. The highest BCUT2D eigenvalue weighted by atomic mass is 19.4. The molecule has 1 aromatic carbocycles. The summed E-state index contributed by atoms with van der Waals surface area (Å²) in [6.45, 7) is -0.325. The van der Waals surface area contributed by atoms with E-state index < -0.39 is 24.5 Å². The predicted octanol–water partition coefficient (Wildman–Crippen LogP) is 1.92. The second-order valence-electron chi connectivity index (χ2n) is 4.34. The number of halogens is 3. The van der Waals surface area contributed by atoms with Crippen molar-refractivity contribution in [1.29, 1.82) is 0 Å². The Hall–Kier alpha value is -1.86. The average molecular weight is 286 g/mol. The minimum Gasteiger partial charge on any atom is -0.394 e. The van der Waals surface area contributed by atoms with E-state index in [0.29, 0.717) is 11.3 Å². The molecule has 0 spiro atoms. The van der Waals surface area contributed by atoms with Crippen LogP contribution < -0.4 is 0 Å². The SMILES string of the molecule is OCC(O)Cn1ccc(-c2cccc(C(F)(F)F)c2)n1. The Morgan fingerprint density at radius 3 is 2.65 bits per heavy atom. The van der Waals surface area contributed by atoms with E-state index in [-0.39, 0.29) is 6.54 Å². The summed E-state index contributed by atoms with van der Waals surface area (Å²) in [7, 11) is 0. The van der Waals surface area contributed by atoms with Crippen molar-refractivity contribution in [3.8, 4) is 11.3 Å². The molecule has 4 nitrogen and oxygen atoms in total. The summed E-state index contributed by atoms with van der Waals surface area (Å²) >= 11 is 0. The van der Waals surface area contributed by atoms with Crippen molar-refractivity contribution >= 4 is 0 Å². The van der Waals surface area contributed by atoms with E-state index >= 15 is 0 Å². The first kappa shape index (κ1) is 14.5. The Morgan fingerprint density at radius 2 is 2.00 bits per heavy atom. The zero-order valence-electron chi connectivity index (χ0n) is 10.4. The molecule has 7 heteroatoms. The maximum absolute atomic E-state index is 12.6. The van der Waals surface area contributed by atoms with Gasteiger partial charge in [0.15, 0.2) is 0 Å². The largest absolute Gasteiger partial charge is 0.416 e. The lowest BCUT2D eigenvalue weighted by atomic mass is 10.1. The summed E-state index contributed by atoms with van der Waals surface area (Å²) in [5, 5.41) is 22.1. The second kappa shape index (κ2) is 5.64. The third-order valence-electron chi connectivity index (χ3n) is 2.73. The Balaban J connectivity index is 2.24. The van der Waals surface area contributed by atoms with Gasteiger partial charge in [-0.15, -0.1) is 0 Å². The molecule has 1 aromatic heterocycles. The van der Waals surface area contributed by atoms with Crippen molar-refractivity contribution in [3.05, 3.63) is 42.1 Å². The number of aliphatic hydroxyl groups is 2. The number of benzene rings is 1. The summed E-state index contributed by atoms with van der Waals surface area (Å²) in [5.41, 5.74) is -0.0155. The average Bonchev–Trinajstić information content (AvgIpc) is 2.86. The number of aromatic nitrogens is 2. The van der Waals surface area contributed by atoms with Gasteiger partial charge in [0.1, 0.15) is 0 Å². The van der Waals surface area contributed by atoms with E-state index in [1.807, 2.05) is 0 Å². The van der Waals surface area contributed by atoms with Crippen LogP contribution in [0.3, 0.4) is 0 Å². The number of aliphatic hydroxyl groups excluding tert-OH is 2. The standard InChI is InChI=1S/C13H13F3N2O2/c14-13(15,16)10-3-1-2-9(6-10)12-4-5-18(17-12)7-11(20)8-19/h1-6,11,19-20H,7-8H2. The molecule has 108 valence electrons. The van der Waals surface area contributed by atoms with E-state index in [4.69, 9.17) is 5.11 Å². The van der Waals surface area contributed by atoms with Crippen molar-refractivity contribution in [2.75, 3.05) is 6.61 Å². The van der Waals surface area contributed by atoms with Crippen LogP contribution in [0.4, 0.5) is 13.2 Å². The molecule has 0 aliphatic rings. The topological polar surface area (TPSA) is 58.3 Å². The van der Waals surface area contributed by atoms with Crippen LogP contribution in [0.15, 0.2) is 36.5 Å². The highest BCUT2D eigenvalue weighted by molar-refractivity contribution is 5.59. The number of hydrogen-bond acceptors (Lipinski definition) is 3. The van der Waals surface area contributed by atoms with Crippen molar-refractivity contribution < 1.29 is 23.4 Å². The van der Waals surface area contributed by atoms with E-state index in [9.17, 15) is 18.3 Å². The predicted molar refractivity (Wildman–Crippen MR) is 65.8 cm³/mol. The fourth-order valence-corrected chi connectivity index (χ4v) is 1.75. The second-order valence-corrected chi connectivity index (χ2v) is 4.34. The number of nitrogens with zero attached hydrogens (tertiary/aromatic N) is 2. The van der Waals surface area contributed by atoms with Crippen LogP contribution >= 0.6 is 0 Å². The quantitative estimate of drug-likeness (QED) is 0.903. The van der Waals surface area contributed by atoms with E-state index in [1.54, 1.807) is 6.07 Å². The van der Waals surface area contributed by atoms with Crippen molar-refractivity contribution in [1.82, 2.24) is 9.78 Å². The molecule has 0 aliphatic carbocycles. The van der Waals surface area contributed by atoms with E-state index in [2.05, 4.69) is 5.10 Å². The molecule has 0 bridgehead atoms. The van der Waals surface area contributed by atoms with Gasteiger partial charge in [-0.3, -0.25) is 4.68 Å². The molecular formula is C13H13F3N2O2. The lowest BCUT2D eigenvalue weighted by molar-refractivity contribution is -0.137. The van der Waals surface area contributed by atoms with Crippen molar-refractivity contribution in [2.24, 2.45) is 0 Å². The summed E-state index contributed by atoms with van der Waals surface area (Å²) in [4.78, 5) is 0. The molecule has 1 unspecified atom stereocenters. The minimum absolute atomic E-state index is 0.0788. The third-order valence-corrected chi connectivity index (χ3v) is 2.73. The highest BCUT2D eigenvalue weighted by Crippen LogP contribution is 2.31. The Labute approximate surface area is 113 Å². The van der Waals surface area contributed by atoms with Crippen LogP contribution in [0.5, 0.6) is 0 Å². The smallest absolute Gasteiger partial charge is 0.394 e. The van der Waals surface area contributed by atoms with Crippen LogP contribution in [-0.2, 0) is 12.7 Å². The molecule has 0 fully saturated rings. The molecule has 2 aromatic rings. The molecule has 0 aliphatic heterocycles. The van der Waals surface area contributed by atoms with E-state index in [0.717, 1.165) is 12.1 Å². The molecular weight excluding hydrogens is 273 g/mol. The normalized spacial score (nSPS) is 13.4. The molecule has 0 saturated carbocycles. The molecule has 1 atom stereocenters. The van der Waals surface area contributed by atoms with E-state index in [1.165, 1.54) is 23.0 Å². The van der Waals surface area contributed by atoms with Gasteiger partial charge in [-0.1, -0.05) is 12.1 Å². The Kier molecular flexibility index (Phi) is 4.10. The molecule has 2 rings (SSSR count). The maximum atomic E-state index is 12.6. The lowest BCUT2D eigenvalue weighted by Gasteiger charge is -2.08. The van der Waals surface area contributed by atoms with Gasteiger partial charge in [0.2, 0.25) is 0 Å². The summed E-state index contributed by atoms with van der Waals surface area (Å²) in [6.07, 6.45) is -3.82. The van der Waals surface area contributed by atoms with Crippen LogP contribution in [0.2, 0.25) is 0 Å². The molecule has 20 heavy (non-hydrogen) atoms.